The van der Waals surface area contributed by atoms with Crippen LogP contribution in [0.15, 0.2) is 16.3 Å². The molecule has 1 rings (SSSR count). The number of rotatable bonds is 5. The van der Waals surface area contributed by atoms with Gasteiger partial charge in [0.15, 0.2) is 0 Å². The molecule has 0 aliphatic rings. The Balaban J connectivity index is 2.57. The molecule has 4 nitrogen and oxygen atoms in total. The molecule has 0 bridgehead atoms. The summed E-state index contributed by atoms with van der Waals surface area (Å²) in [6.45, 7) is 2.17. The molecule has 1 heterocycles. The number of nitrogens with zero attached hydrogens (tertiary/aromatic N) is 1. The first-order valence-corrected chi connectivity index (χ1v) is 6.79. The summed E-state index contributed by atoms with van der Waals surface area (Å²) in [6.07, 6.45) is 0.909. The SMILES string of the molecule is Cc1ccc(S(=O)(=O)NCCCC#N)s1. The topological polar surface area (TPSA) is 70.0 Å². The fourth-order valence-electron chi connectivity index (χ4n) is 1.00. The largest absolute Gasteiger partial charge is 0.250 e. The van der Waals surface area contributed by atoms with E-state index in [-0.39, 0.29) is 0 Å². The Hall–Kier alpha value is -0.900. The highest BCUT2D eigenvalue weighted by Gasteiger charge is 2.14. The predicted molar refractivity (Wildman–Crippen MR) is 59.1 cm³/mol. The third kappa shape index (κ3) is 3.63. The van der Waals surface area contributed by atoms with E-state index in [2.05, 4.69) is 4.72 Å². The standard InChI is InChI=1S/C9H12N2O2S2/c1-8-4-5-9(14-8)15(12,13)11-7-3-2-6-10/h4-5,11H,2-3,7H2,1H3. The van der Waals surface area contributed by atoms with E-state index in [1.807, 2.05) is 13.0 Å². The molecule has 6 heteroatoms. The van der Waals surface area contributed by atoms with Crippen molar-refractivity contribution in [2.24, 2.45) is 0 Å². The number of nitrogens with one attached hydrogen (secondary N) is 1. The van der Waals surface area contributed by atoms with Gasteiger partial charge in [-0.05, 0) is 25.5 Å². The van der Waals surface area contributed by atoms with Crippen molar-refractivity contribution in [1.29, 1.82) is 5.26 Å². The first-order chi connectivity index (χ1) is 7.06. The molecule has 1 aromatic heterocycles. The van der Waals surface area contributed by atoms with Gasteiger partial charge >= 0.3 is 0 Å². The number of hydrogen-bond donors (Lipinski definition) is 1. The zero-order chi connectivity index (χ0) is 11.3. The normalized spacial score (nSPS) is 11.2. The van der Waals surface area contributed by atoms with Crippen LogP contribution in [0.5, 0.6) is 0 Å². The van der Waals surface area contributed by atoms with Crippen LogP contribution >= 0.6 is 11.3 Å². The molecule has 0 fully saturated rings. The Morgan fingerprint density at radius 3 is 2.80 bits per heavy atom. The second kappa shape index (κ2) is 5.26. The monoisotopic (exact) mass is 244 g/mol. The lowest BCUT2D eigenvalue weighted by Gasteiger charge is -2.02. The Morgan fingerprint density at radius 2 is 2.27 bits per heavy atom. The predicted octanol–water partition coefficient (Wildman–Crippen LogP) is 1.64. The molecule has 1 aromatic rings. The van der Waals surface area contributed by atoms with Gasteiger partial charge in [-0.3, -0.25) is 0 Å². The molecule has 0 unspecified atom stereocenters. The quantitative estimate of drug-likeness (QED) is 0.800. The van der Waals surface area contributed by atoms with Gasteiger partial charge in [-0.15, -0.1) is 11.3 Å². The summed E-state index contributed by atoms with van der Waals surface area (Å²) in [5.41, 5.74) is 0. The molecule has 82 valence electrons. The first kappa shape index (κ1) is 12.2. The number of sulfonamides is 1. The van der Waals surface area contributed by atoms with Crippen LogP contribution < -0.4 is 4.72 Å². The minimum atomic E-state index is -3.36. The molecule has 0 aromatic carbocycles. The van der Waals surface area contributed by atoms with Crippen LogP contribution in [0.4, 0.5) is 0 Å². The van der Waals surface area contributed by atoms with Gasteiger partial charge in [0.05, 0.1) is 6.07 Å². The van der Waals surface area contributed by atoms with E-state index in [0.29, 0.717) is 23.6 Å². The van der Waals surface area contributed by atoms with Crippen LogP contribution in [0.1, 0.15) is 17.7 Å². The highest BCUT2D eigenvalue weighted by atomic mass is 32.2. The van der Waals surface area contributed by atoms with Crippen molar-refractivity contribution in [3.05, 3.63) is 17.0 Å². The van der Waals surface area contributed by atoms with Crippen LogP contribution in [0, 0.1) is 18.3 Å². The van der Waals surface area contributed by atoms with Gasteiger partial charge < -0.3 is 0 Å². The van der Waals surface area contributed by atoms with Gasteiger partial charge in [0.25, 0.3) is 0 Å². The maximum absolute atomic E-state index is 11.6. The van der Waals surface area contributed by atoms with Crippen molar-refractivity contribution in [2.75, 3.05) is 6.54 Å². The summed E-state index contributed by atoms with van der Waals surface area (Å²) in [5, 5.41) is 8.29. The molecular weight excluding hydrogens is 232 g/mol. The molecule has 0 spiro atoms. The molecule has 0 atom stereocenters. The lowest BCUT2D eigenvalue weighted by Crippen LogP contribution is -2.23. The van der Waals surface area contributed by atoms with Crippen molar-refractivity contribution < 1.29 is 8.42 Å². The summed E-state index contributed by atoms with van der Waals surface area (Å²) in [7, 11) is -3.36. The minimum absolute atomic E-state index is 0.312. The molecule has 1 N–H and O–H groups in total. The van der Waals surface area contributed by atoms with E-state index >= 15 is 0 Å². The Labute approximate surface area is 93.6 Å². The third-order valence-electron chi connectivity index (χ3n) is 1.74. The van der Waals surface area contributed by atoms with Crippen LogP contribution in [-0.4, -0.2) is 15.0 Å². The molecule has 0 radical (unpaired) electrons. The number of unbranched alkanes of at least 4 members (excludes halogenated alkanes) is 1. The van der Waals surface area contributed by atoms with Crippen molar-refractivity contribution in [1.82, 2.24) is 4.72 Å². The van der Waals surface area contributed by atoms with Crippen LogP contribution in [0.25, 0.3) is 0 Å². The Kier molecular flexibility index (Phi) is 4.27. The summed E-state index contributed by atoms with van der Waals surface area (Å²) >= 11 is 1.24. The molecule has 0 amide bonds. The van der Waals surface area contributed by atoms with Crippen molar-refractivity contribution in [2.45, 2.75) is 24.0 Å². The number of aryl methyl sites for hydroxylation is 1. The molecule has 15 heavy (non-hydrogen) atoms. The summed E-state index contributed by atoms with van der Waals surface area (Å²) in [4.78, 5) is 0.965. The van der Waals surface area contributed by atoms with Crippen molar-refractivity contribution in [3.63, 3.8) is 0 Å². The Bertz CT molecular complexity index is 457. The molecule has 0 saturated heterocycles. The summed E-state index contributed by atoms with van der Waals surface area (Å²) in [5.74, 6) is 0. The first-order valence-electron chi connectivity index (χ1n) is 4.49. The van der Waals surface area contributed by atoms with Crippen LogP contribution in [0.2, 0.25) is 0 Å². The van der Waals surface area contributed by atoms with Crippen LogP contribution in [0.3, 0.4) is 0 Å². The van der Waals surface area contributed by atoms with Gasteiger partial charge in [-0.25, -0.2) is 13.1 Å². The van der Waals surface area contributed by atoms with Gasteiger partial charge in [0, 0.05) is 17.8 Å². The smallest absolute Gasteiger partial charge is 0.210 e. The average molecular weight is 244 g/mol. The fraction of sp³-hybridized carbons (Fsp3) is 0.444. The highest BCUT2D eigenvalue weighted by molar-refractivity contribution is 7.91. The minimum Gasteiger partial charge on any atom is -0.210 e. The van der Waals surface area contributed by atoms with Gasteiger partial charge in [0.1, 0.15) is 4.21 Å². The second-order valence-electron chi connectivity index (χ2n) is 3.02. The molecule has 0 aliphatic heterocycles. The van der Waals surface area contributed by atoms with E-state index in [1.54, 1.807) is 12.1 Å². The molecular formula is C9H12N2O2S2. The van der Waals surface area contributed by atoms with E-state index in [4.69, 9.17) is 5.26 Å². The van der Waals surface area contributed by atoms with Gasteiger partial charge in [-0.2, -0.15) is 5.26 Å². The van der Waals surface area contributed by atoms with Gasteiger partial charge in [0.2, 0.25) is 10.0 Å². The zero-order valence-corrected chi connectivity index (χ0v) is 9.99. The maximum atomic E-state index is 11.6. The third-order valence-corrected chi connectivity index (χ3v) is 4.69. The van der Waals surface area contributed by atoms with E-state index in [9.17, 15) is 8.42 Å². The number of nitriles is 1. The summed E-state index contributed by atoms with van der Waals surface area (Å²) < 4.78 is 26.0. The molecule has 0 saturated carbocycles. The second-order valence-corrected chi connectivity index (χ2v) is 6.31. The lowest BCUT2D eigenvalue weighted by molar-refractivity contribution is 0.581. The lowest BCUT2D eigenvalue weighted by atomic mass is 10.3. The zero-order valence-electron chi connectivity index (χ0n) is 8.36. The average Bonchev–Trinajstić information content (AvgIpc) is 2.60. The maximum Gasteiger partial charge on any atom is 0.250 e. The van der Waals surface area contributed by atoms with Crippen molar-refractivity contribution >= 4 is 21.4 Å². The Morgan fingerprint density at radius 1 is 1.53 bits per heavy atom. The van der Waals surface area contributed by atoms with E-state index in [0.717, 1.165) is 4.88 Å². The number of thiophene rings is 1. The number of hydrogen-bond acceptors (Lipinski definition) is 4. The van der Waals surface area contributed by atoms with E-state index in [1.165, 1.54) is 11.3 Å². The molecule has 0 aliphatic carbocycles. The summed E-state index contributed by atoms with van der Waals surface area (Å²) in [6, 6.07) is 5.33. The van der Waals surface area contributed by atoms with Crippen molar-refractivity contribution in [3.8, 4) is 6.07 Å². The van der Waals surface area contributed by atoms with E-state index < -0.39 is 10.0 Å². The van der Waals surface area contributed by atoms with Gasteiger partial charge in [-0.1, -0.05) is 0 Å². The van der Waals surface area contributed by atoms with Crippen LogP contribution in [-0.2, 0) is 10.0 Å². The highest BCUT2D eigenvalue weighted by Crippen LogP contribution is 2.20. The fourth-order valence-corrected chi connectivity index (χ4v) is 3.40.